The molecular weight excluding hydrogens is 366 g/mol. The van der Waals surface area contributed by atoms with Crippen molar-refractivity contribution in [1.82, 2.24) is 10.0 Å². The second kappa shape index (κ2) is 8.35. The van der Waals surface area contributed by atoms with Crippen LogP contribution in [0.3, 0.4) is 0 Å². The molecule has 1 heterocycles. The first-order valence-electron chi connectivity index (χ1n) is 8.21. The molecule has 1 aromatic rings. The molecule has 0 aromatic heterocycles. The van der Waals surface area contributed by atoms with Gasteiger partial charge in [0, 0.05) is 17.6 Å². The molecule has 1 amide bonds. The predicted molar refractivity (Wildman–Crippen MR) is 97.8 cm³/mol. The monoisotopic (exact) mass is 389 g/mol. The summed E-state index contributed by atoms with van der Waals surface area (Å²) in [6.07, 6.45) is 3.29. The summed E-state index contributed by atoms with van der Waals surface area (Å²) in [7, 11) is -2.23. The Hall–Kier alpha value is -1.35. The number of carbonyl (C=O) groups excluding carboxylic acids is 1. The quantitative estimate of drug-likeness (QED) is 0.685. The number of methoxy groups -OCH3 is 1. The van der Waals surface area contributed by atoms with E-state index in [1.807, 2.05) is 0 Å². The van der Waals surface area contributed by atoms with Crippen LogP contribution in [0.4, 0.5) is 5.69 Å². The van der Waals surface area contributed by atoms with Crippen LogP contribution < -0.4 is 20.1 Å². The molecule has 0 unspecified atom stereocenters. The van der Waals surface area contributed by atoms with Crippen molar-refractivity contribution in [2.75, 3.05) is 25.5 Å². The summed E-state index contributed by atoms with van der Waals surface area (Å²) in [5.41, 5.74) is 0.468. The number of sulfonamides is 1. The fourth-order valence-electron chi connectivity index (χ4n) is 2.78. The van der Waals surface area contributed by atoms with Crippen molar-refractivity contribution in [3.63, 3.8) is 0 Å². The molecule has 9 heteroatoms. The van der Waals surface area contributed by atoms with Crippen molar-refractivity contribution in [3.05, 3.63) is 18.2 Å². The van der Waals surface area contributed by atoms with Crippen molar-refractivity contribution in [3.8, 4) is 5.75 Å². The molecule has 1 aliphatic heterocycles. The summed E-state index contributed by atoms with van der Waals surface area (Å²) in [5.74, 6) is 0.154. The molecule has 140 valence electrons. The molecule has 0 spiro atoms. The Morgan fingerprint density at radius 2 is 1.88 bits per heavy atom. The second-order valence-corrected chi connectivity index (χ2v) is 7.96. The summed E-state index contributed by atoms with van der Waals surface area (Å²) in [5, 5.41) is 6.05. The maximum absolute atomic E-state index is 12.5. The van der Waals surface area contributed by atoms with Crippen LogP contribution in [-0.2, 0) is 14.8 Å². The topological polar surface area (TPSA) is 96.5 Å². The van der Waals surface area contributed by atoms with Crippen molar-refractivity contribution >= 4 is 34.0 Å². The van der Waals surface area contributed by atoms with E-state index in [9.17, 15) is 13.2 Å². The van der Waals surface area contributed by atoms with Gasteiger partial charge in [-0.3, -0.25) is 4.79 Å². The molecule has 2 aliphatic rings. The van der Waals surface area contributed by atoms with Crippen molar-refractivity contribution in [1.29, 1.82) is 0 Å². The smallest absolute Gasteiger partial charge is 0.244 e. The van der Waals surface area contributed by atoms with Gasteiger partial charge in [0.05, 0.1) is 7.11 Å². The fraction of sp³-hybridized carbons (Fsp3) is 0.562. The van der Waals surface area contributed by atoms with Crippen LogP contribution in [0.1, 0.15) is 25.7 Å². The van der Waals surface area contributed by atoms with E-state index in [2.05, 4.69) is 15.4 Å². The first kappa shape index (κ1) is 20.0. The third-order valence-electron chi connectivity index (χ3n) is 4.33. The van der Waals surface area contributed by atoms with Gasteiger partial charge >= 0.3 is 0 Å². The van der Waals surface area contributed by atoms with Crippen LogP contribution in [0.5, 0.6) is 5.75 Å². The third kappa shape index (κ3) is 5.07. The second-order valence-electron chi connectivity index (χ2n) is 6.27. The van der Waals surface area contributed by atoms with Crippen molar-refractivity contribution < 1.29 is 17.9 Å². The van der Waals surface area contributed by atoms with E-state index in [1.54, 1.807) is 12.1 Å². The third-order valence-corrected chi connectivity index (χ3v) is 5.87. The van der Waals surface area contributed by atoms with Crippen LogP contribution in [0.25, 0.3) is 0 Å². The lowest BCUT2D eigenvalue weighted by Crippen LogP contribution is -2.34. The molecule has 0 radical (unpaired) electrons. The number of piperidine rings is 1. The number of carbonyl (C=O) groups is 1. The highest BCUT2D eigenvalue weighted by Gasteiger charge is 2.30. The first-order chi connectivity index (χ1) is 11.5. The zero-order chi connectivity index (χ0) is 17.2. The Kier molecular flexibility index (Phi) is 6.67. The number of hydrogen-bond acceptors (Lipinski definition) is 5. The Morgan fingerprint density at radius 1 is 1.20 bits per heavy atom. The van der Waals surface area contributed by atoms with E-state index in [0.717, 1.165) is 38.8 Å². The van der Waals surface area contributed by atoms with Gasteiger partial charge in [-0.25, -0.2) is 13.1 Å². The van der Waals surface area contributed by atoms with E-state index < -0.39 is 10.0 Å². The number of anilines is 1. The maximum Gasteiger partial charge on any atom is 0.244 e. The lowest BCUT2D eigenvalue weighted by Gasteiger charge is -2.22. The Balaban J connectivity index is 0.00000225. The number of rotatable bonds is 6. The van der Waals surface area contributed by atoms with Crippen LogP contribution in [0, 0.1) is 5.92 Å². The van der Waals surface area contributed by atoms with Gasteiger partial charge in [-0.1, -0.05) is 0 Å². The van der Waals surface area contributed by atoms with Crippen molar-refractivity contribution in [2.24, 2.45) is 5.92 Å². The van der Waals surface area contributed by atoms with E-state index in [0.29, 0.717) is 5.69 Å². The molecule has 0 atom stereocenters. The standard InChI is InChI=1S/C16H23N3O4S.ClH/c1-23-14-5-4-13(18-16(20)11-6-8-17-9-7-11)10-15(14)24(21,22)19-12-2-3-12;/h4-5,10-12,17,19H,2-3,6-9H2,1H3,(H,18,20);1H. The van der Waals surface area contributed by atoms with Gasteiger partial charge in [0.25, 0.3) is 0 Å². The van der Waals surface area contributed by atoms with Gasteiger partial charge in [-0.15, -0.1) is 12.4 Å². The van der Waals surface area contributed by atoms with Gasteiger partial charge < -0.3 is 15.4 Å². The summed E-state index contributed by atoms with van der Waals surface area (Å²) < 4.78 is 32.8. The minimum Gasteiger partial charge on any atom is -0.495 e. The normalized spacial score (nSPS) is 18.3. The van der Waals surface area contributed by atoms with Gasteiger partial charge in [-0.05, 0) is 57.0 Å². The number of amides is 1. The highest BCUT2D eigenvalue weighted by molar-refractivity contribution is 7.89. The number of halogens is 1. The minimum absolute atomic E-state index is 0. The SMILES string of the molecule is COc1ccc(NC(=O)C2CCNCC2)cc1S(=O)(=O)NC1CC1.Cl. The molecule has 1 aromatic carbocycles. The van der Waals surface area contributed by atoms with E-state index in [-0.39, 0.29) is 40.9 Å². The van der Waals surface area contributed by atoms with Crippen LogP contribution in [0.2, 0.25) is 0 Å². The number of benzene rings is 1. The highest BCUT2D eigenvalue weighted by Crippen LogP contribution is 2.30. The van der Waals surface area contributed by atoms with Crippen LogP contribution in [0.15, 0.2) is 23.1 Å². The minimum atomic E-state index is -3.66. The zero-order valence-corrected chi connectivity index (χ0v) is 15.7. The summed E-state index contributed by atoms with van der Waals surface area (Å²) >= 11 is 0. The largest absolute Gasteiger partial charge is 0.495 e. The lowest BCUT2D eigenvalue weighted by atomic mass is 9.97. The zero-order valence-electron chi connectivity index (χ0n) is 14.1. The first-order valence-corrected chi connectivity index (χ1v) is 9.70. The van der Waals surface area contributed by atoms with E-state index in [1.165, 1.54) is 13.2 Å². The number of hydrogen-bond donors (Lipinski definition) is 3. The van der Waals surface area contributed by atoms with Crippen molar-refractivity contribution in [2.45, 2.75) is 36.6 Å². The molecule has 0 bridgehead atoms. The van der Waals surface area contributed by atoms with Crippen LogP contribution >= 0.6 is 12.4 Å². The van der Waals surface area contributed by atoms with Crippen LogP contribution in [-0.4, -0.2) is 40.6 Å². The highest BCUT2D eigenvalue weighted by atomic mass is 35.5. The maximum atomic E-state index is 12.5. The molecule has 2 fully saturated rings. The van der Waals surface area contributed by atoms with Gasteiger partial charge in [0.2, 0.25) is 15.9 Å². The van der Waals surface area contributed by atoms with Gasteiger partial charge in [-0.2, -0.15) is 0 Å². The number of nitrogens with one attached hydrogen (secondary N) is 3. The average molecular weight is 390 g/mol. The van der Waals surface area contributed by atoms with E-state index in [4.69, 9.17) is 4.74 Å². The Bertz CT molecular complexity index is 716. The molecular formula is C16H24ClN3O4S. The van der Waals surface area contributed by atoms with Gasteiger partial charge in [0.15, 0.2) is 0 Å². The fourth-order valence-corrected chi connectivity index (χ4v) is 4.28. The summed E-state index contributed by atoms with van der Waals surface area (Å²) in [6, 6.07) is 4.70. The molecule has 3 N–H and O–H groups in total. The molecule has 25 heavy (non-hydrogen) atoms. The molecule has 1 aliphatic carbocycles. The average Bonchev–Trinajstić information content (AvgIpc) is 3.39. The van der Waals surface area contributed by atoms with Gasteiger partial charge in [0.1, 0.15) is 10.6 Å². The molecule has 7 nitrogen and oxygen atoms in total. The Labute approximate surface area is 154 Å². The Morgan fingerprint density at radius 3 is 2.48 bits per heavy atom. The lowest BCUT2D eigenvalue weighted by molar-refractivity contribution is -0.120. The predicted octanol–water partition coefficient (Wildman–Crippen LogP) is 1.50. The molecule has 1 saturated heterocycles. The molecule has 3 rings (SSSR count). The summed E-state index contributed by atoms with van der Waals surface area (Å²) in [4.78, 5) is 12.4. The number of ether oxygens (including phenoxy) is 1. The summed E-state index contributed by atoms with van der Waals surface area (Å²) in [6.45, 7) is 1.65. The van der Waals surface area contributed by atoms with E-state index >= 15 is 0 Å². The molecule has 1 saturated carbocycles.